The van der Waals surface area contributed by atoms with E-state index < -0.39 is 0 Å². The van der Waals surface area contributed by atoms with Gasteiger partial charge in [-0.25, -0.2) is 0 Å². The number of nitrogens with zero attached hydrogens (tertiary/aromatic N) is 1. The lowest BCUT2D eigenvalue weighted by atomic mass is 10.1. The molecule has 1 aliphatic heterocycles. The van der Waals surface area contributed by atoms with Crippen LogP contribution in [0.4, 0.5) is 0 Å². The molecule has 4 nitrogen and oxygen atoms in total. The zero-order valence-electron chi connectivity index (χ0n) is 13.3. The van der Waals surface area contributed by atoms with Gasteiger partial charge in [-0.1, -0.05) is 32.6 Å². The van der Waals surface area contributed by atoms with Gasteiger partial charge in [0.2, 0.25) is 11.8 Å². The minimum Gasteiger partial charge on any atom is -0.305 e. The van der Waals surface area contributed by atoms with E-state index in [0.717, 1.165) is 38.6 Å². The molecule has 2 atom stereocenters. The van der Waals surface area contributed by atoms with E-state index in [2.05, 4.69) is 18.5 Å². The normalized spacial score (nSPS) is 26.2. The molecule has 1 aliphatic carbocycles. The van der Waals surface area contributed by atoms with Crippen molar-refractivity contribution in [2.24, 2.45) is 0 Å². The van der Waals surface area contributed by atoms with Gasteiger partial charge in [0.15, 0.2) is 0 Å². The molecule has 5 heteroatoms. The van der Waals surface area contributed by atoms with Crippen molar-refractivity contribution in [1.82, 2.24) is 10.2 Å². The standard InChI is InChI=1S/C16H28N2O2S/c1-12(21-2)9-10-17-14-11-15(19)18(16(14)20)13-7-5-3-4-6-8-13/h12-14,17H,3-11H2,1-2H3. The van der Waals surface area contributed by atoms with Crippen LogP contribution in [0.2, 0.25) is 0 Å². The topological polar surface area (TPSA) is 49.4 Å². The van der Waals surface area contributed by atoms with E-state index in [1.807, 2.05) is 11.8 Å². The van der Waals surface area contributed by atoms with Crippen LogP contribution in [-0.2, 0) is 9.59 Å². The largest absolute Gasteiger partial charge is 0.305 e. The van der Waals surface area contributed by atoms with Crippen molar-refractivity contribution in [2.45, 2.75) is 75.6 Å². The monoisotopic (exact) mass is 312 g/mol. The second kappa shape index (κ2) is 8.18. The van der Waals surface area contributed by atoms with Crippen molar-refractivity contribution in [2.75, 3.05) is 12.8 Å². The van der Waals surface area contributed by atoms with Crippen molar-refractivity contribution < 1.29 is 9.59 Å². The Morgan fingerprint density at radius 1 is 1.24 bits per heavy atom. The van der Waals surface area contributed by atoms with Crippen molar-refractivity contribution in [3.63, 3.8) is 0 Å². The second-order valence-corrected chi connectivity index (χ2v) is 7.57. The summed E-state index contributed by atoms with van der Waals surface area (Å²) in [5.41, 5.74) is 0. The van der Waals surface area contributed by atoms with E-state index in [9.17, 15) is 9.59 Å². The number of carbonyl (C=O) groups is 2. The third kappa shape index (κ3) is 4.46. The van der Waals surface area contributed by atoms with Gasteiger partial charge in [0.1, 0.15) is 0 Å². The Hall–Kier alpha value is -0.550. The molecular formula is C16H28N2O2S. The Labute approximate surface area is 132 Å². The molecule has 0 radical (unpaired) electrons. The Balaban J connectivity index is 1.87. The van der Waals surface area contributed by atoms with Gasteiger partial charge in [-0.05, 0) is 32.1 Å². The Kier molecular flexibility index (Phi) is 6.55. The molecule has 2 amide bonds. The Bertz CT molecular complexity index is 367. The lowest BCUT2D eigenvalue weighted by Crippen LogP contribution is -2.44. The summed E-state index contributed by atoms with van der Waals surface area (Å²) in [5.74, 6) is 0.0472. The average Bonchev–Trinajstić information content (AvgIpc) is 2.67. The highest BCUT2D eigenvalue weighted by molar-refractivity contribution is 7.99. The van der Waals surface area contributed by atoms with Gasteiger partial charge in [0.25, 0.3) is 0 Å². The minimum absolute atomic E-state index is 0.0173. The predicted molar refractivity (Wildman–Crippen MR) is 87.3 cm³/mol. The molecule has 2 rings (SSSR count). The summed E-state index contributed by atoms with van der Waals surface area (Å²) in [6, 6.07) is -0.126. The Morgan fingerprint density at radius 3 is 2.52 bits per heavy atom. The van der Waals surface area contributed by atoms with Gasteiger partial charge in [-0.15, -0.1) is 0 Å². The fraction of sp³-hybridized carbons (Fsp3) is 0.875. The number of thioether (sulfide) groups is 1. The fourth-order valence-corrected chi connectivity index (χ4v) is 3.64. The number of hydrogen-bond donors (Lipinski definition) is 1. The van der Waals surface area contributed by atoms with Crippen LogP contribution in [0.5, 0.6) is 0 Å². The molecule has 1 heterocycles. The summed E-state index contributed by atoms with van der Waals surface area (Å²) in [4.78, 5) is 26.3. The van der Waals surface area contributed by atoms with Crippen LogP contribution >= 0.6 is 11.8 Å². The van der Waals surface area contributed by atoms with Gasteiger partial charge in [-0.3, -0.25) is 14.5 Å². The minimum atomic E-state index is -0.283. The molecule has 1 saturated carbocycles. The average molecular weight is 312 g/mol. The van der Waals surface area contributed by atoms with E-state index in [1.54, 1.807) is 4.90 Å². The quantitative estimate of drug-likeness (QED) is 0.605. The first-order valence-corrected chi connectivity index (χ1v) is 9.54. The van der Waals surface area contributed by atoms with Crippen LogP contribution in [0.25, 0.3) is 0 Å². The van der Waals surface area contributed by atoms with Crippen LogP contribution in [-0.4, -0.2) is 46.8 Å². The molecule has 0 aromatic carbocycles. The second-order valence-electron chi connectivity index (χ2n) is 6.29. The van der Waals surface area contributed by atoms with E-state index in [4.69, 9.17) is 0 Å². The van der Waals surface area contributed by atoms with Gasteiger partial charge in [0.05, 0.1) is 12.5 Å². The van der Waals surface area contributed by atoms with Crippen LogP contribution in [0.15, 0.2) is 0 Å². The molecule has 2 fully saturated rings. The first-order valence-electron chi connectivity index (χ1n) is 8.25. The zero-order chi connectivity index (χ0) is 15.2. The Morgan fingerprint density at radius 2 is 1.90 bits per heavy atom. The van der Waals surface area contributed by atoms with Crippen molar-refractivity contribution >= 4 is 23.6 Å². The van der Waals surface area contributed by atoms with Gasteiger partial charge >= 0.3 is 0 Å². The fourth-order valence-electron chi connectivity index (χ4n) is 3.29. The van der Waals surface area contributed by atoms with Crippen molar-refractivity contribution in [1.29, 1.82) is 0 Å². The van der Waals surface area contributed by atoms with Crippen molar-refractivity contribution in [3.05, 3.63) is 0 Å². The number of hydrogen-bond acceptors (Lipinski definition) is 4. The SMILES string of the molecule is CSC(C)CCNC1CC(=O)N(C2CCCCCC2)C1=O. The summed E-state index contributed by atoms with van der Waals surface area (Å²) >= 11 is 1.83. The summed E-state index contributed by atoms with van der Waals surface area (Å²) in [6.07, 6.45) is 10.2. The lowest BCUT2D eigenvalue weighted by molar-refractivity contribution is -0.141. The van der Waals surface area contributed by atoms with E-state index in [1.165, 1.54) is 12.8 Å². The van der Waals surface area contributed by atoms with E-state index in [-0.39, 0.29) is 23.9 Å². The number of rotatable bonds is 6. The van der Waals surface area contributed by atoms with E-state index >= 15 is 0 Å². The number of nitrogens with one attached hydrogen (secondary N) is 1. The molecule has 0 aromatic rings. The number of likely N-dealkylation sites (tertiary alicyclic amines) is 1. The maximum atomic E-state index is 12.5. The number of carbonyl (C=O) groups excluding carboxylic acids is 2. The van der Waals surface area contributed by atoms with Crippen LogP contribution in [0.1, 0.15) is 58.3 Å². The van der Waals surface area contributed by atoms with E-state index in [0.29, 0.717) is 11.7 Å². The molecule has 120 valence electrons. The first-order chi connectivity index (χ1) is 10.1. The summed E-state index contributed by atoms with van der Waals surface area (Å²) in [6.45, 7) is 3.00. The number of amides is 2. The highest BCUT2D eigenvalue weighted by Gasteiger charge is 2.41. The molecule has 21 heavy (non-hydrogen) atoms. The maximum Gasteiger partial charge on any atom is 0.247 e. The smallest absolute Gasteiger partial charge is 0.247 e. The summed E-state index contributed by atoms with van der Waals surface area (Å²) < 4.78 is 0. The molecule has 0 bridgehead atoms. The molecular weight excluding hydrogens is 284 g/mol. The van der Waals surface area contributed by atoms with Gasteiger partial charge < -0.3 is 5.32 Å². The van der Waals surface area contributed by atoms with Crippen LogP contribution < -0.4 is 5.32 Å². The zero-order valence-corrected chi connectivity index (χ0v) is 14.1. The van der Waals surface area contributed by atoms with Gasteiger partial charge in [0, 0.05) is 11.3 Å². The molecule has 2 unspecified atom stereocenters. The molecule has 1 N–H and O–H groups in total. The third-order valence-electron chi connectivity index (χ3n) is 4.72. The maximum absolute atomic E-state index is 12.5. The molecule has 2 aliphatic rings. The van der Waals surface area contributed by atoms with Crippen molar-refractivity contribution in [3.8, 4) is 0 Å². The molecule has 0 aromatic heterocycles. The predicted octanol–water partition coefficient (Wildman–Crippen LogP) is 2.57. The molecule has 0 spiro atoms. The number of imide groups is 1. The van der Waals surface area contributed by atoms with Crippen LogP contribution in [0, 0.1) is 0 Å². The first kappa shape index (κ1) is 16.8. The van der Waals surface area contributed by atoms with Gasteiger partial charge in [-0.2, -0.15) is 11.8 Å². The molecule has 1 saturated heterocycles. The highest BCUT2D eigenvalue weighted by atomic mass is 32.2. The summed E-state index contributed by atoms with van der Waals surface area (Å²) in [7, 11) is 0. The summed E-state index contributed by atoms with van der Waals surface area (Å²) in [5, 5.41) is 3.87. The highest BCUT2D eigenvalue weighted by Crippen LogP contribution is 2.26. The third-order valence-corrected chi connectivity index (χ3v) is 5.76. The lowest BCUT2D eigenvalue weighted by Gasteiger charge is -2.25. The van der Waals surface area contributed by atoms with Crippen LogP contribution in [0.3, 0.4) is 0 Å².